The van der Waals surface area contributed by atoms with Gasteiger partial charge in [0.1, 0.15) is 5.75 Å². The van der Waals surface area contributed by atoms with Crippen molar-refractivity contribution < 1.29 is 9.53 Å². The molecule has 3 aromatic rings. The fourth-order valence-corrected chi connectivity index (χ4v) is 3.37. The Bertz CT molecular complexity index is 1140. The maximum absolute atomic E-state index is 12.6. The van der Waals surface area contributed by atoms with Crippen molar-refractivity contribution in [1.82, 2.24) is 9.97 Å². The number of nitrogens with one attached hydrogen (secondary N) is 2. The molecule has 1 unspecified atom stereocenters. The molecule has 0 spiro atoms. The number of aryl methyl sites for hydroxylation is 2. The first-order valence-corrected chi connectivity index (χ1v) is 8.00. The van der Waals surface area contributed by atoms with Crippen LogP contribution >= 0.6 is 0 Å². The van der Waals surface area contributed by atoms with Crippen LogP contribution in [0.25, 0.3) is 10.9 Å². The summed E-state index contributed by atoms with van der Waals surface area (Å²) in [6.07, 6.45) is -0.0421. The lowest BCUT2D eigenvalue weighted by atomic mass is 9.87. The SMILES string of the molecule is Cc1ccc2cc(C3CC(=O)Oc4cc(C)[nH]c(=O)c43)c(=O)[nH]c2c1. The lowest BCUT2D eigenvalue weighted by Gasteiger charge is -2.23. The molecule has 0 fully saturated rings. The number of H-pyrrole nitrogens is 2. The highest BCUT2D eigenvalue weighted by Gasteiger charge is 2.33. The summed E-state index contributed by atoms with van der Waals surface area (Å²) in [5.74, 6) is -0.855. The zero-order valence-electron chi connectivity index (χ0n) is 13.8. The maximum Gasteiger partial charge on any atom is 0.312 e. The van der Waals surface area contributed by atoms with E-state index in [0.717, 1.165) is 16.5 Å². The van der Waals surface area contributed by atoms with Crippen LogP contribution in [-0.2, 0) is 4.79 Å². The summed E-state index contributed by atoms with van der Waals surface area (Å²) in [7, 11) is 0. The normalized spacial score (nSPS) is 16.6. The van der Waals surface area contributed by atoms with E-state index in [0.29, 0.717) is 16.8 Å². The number of ether oxygens (including phenoxy) is 1. The number of aromatic amines is 2. The Kier molecular flexibility index (Phi) is 3.35. The topological polar surface area (TPSA) is 92.0 Å². The standard InChI is InChI=1S/C19H16N2O4/c1-9-3-4-11-7-13(18(23)21-14(11)5-9)12-8-16(22)25-15-6-10(2)20-19(24)17(12)15/h3-7,12H,8H2,1-2H3,(H,20,24)(H,21,23). The van der Waals surface area contributed by atoms with E-state index in [1.165, 1.54) is 0 Å². The van der Waals surface area contributed by atoms with Crippen LogP contribution in [0.2, 0.25) is 0 Å². The number of carbonyl (C=O) groups is 1. The van der Waals surface area contributed by atoms with Gasteiger partial charge in [0.05, 0.1) is 12.0 Å². The second-order valence-corrected chi connectivity index (χ2v) is 6.43. The smallest absolute Gasteiger partial charge is 0.312 e. The van der Waals surface area contributed by atoms with Gasteiger partial charge in [-0.25, -0.2) is 0 Å². The summed E-state index contributed by atoms with van der Waals surface area (Å²) >= 11 is 0. The third-order valence-corrected chi connectivity index (χ3v) is 4.52. The van der Waals surface area contributed by atoms with E-state index in [9.17, 15) is 14.4 Å². The Balaban J connectivity index is 1.97. The number of hydrogen-bond donors (Lipinski definition) is 2. The molecule has 1 aliphatic rings. The van der Waals surface area contributed by atoms with Gasteiger partial charge in [0.25, 0.3) is 11.1 Å². The first-order chi connectivity index (χ1) is 11.9. The van der Waals surface area contributed by atoms with Crippen LogP contribution in [-0.4, -0.2) is 15.9 Å². The van der Waals surface area contributed by atoms with Crippen molar-refractivity contribution in [3.63, 3.8) is 0 Å². The summed E-state index contributed by atoms with van der Waals surface area (Å²) in [6, 6.07) is 9.11. The van der Waals surface area contributed by atoms with Crippen LogP contribution in [0.1, 0.15) is 34.7 Å². The molecule has 0 aliphatic carbocycles. The molecule has 1 aromatic carbocycles. The quantitative estimate of drug-likeness (QED) is 0.667. The van der Waals surface area contributed by atoms with E-state index in [1.54, 1.807) is 19.1 Å². The molecule has 0 saturated heterocycles. The first-order valence-electron chi connectivity index (χ1n) is 8.00. The summed E-state index contributed by atoms with van der Waals surface area (Å²) in [4.78, 5) is 42.6. The van der Waals surface area contributed by atoms with Crippen molar-refractivity contribution in [2.75, 3.05) is 0 Å². The fourth-order valence-electron chi connectivity index (χ4n) is 3.37. The van der Waals surface area contributed by atoms with Gasteiger partial charge in [-0.1, -0.05) is 12.1 Å². The number of esters is 1. The minimum Gasteiger partial charge on any atom is -0.426 e. The van der Waals surface area contributed by atoms with Crippen molar-refractivity contribution in [3.8, 4) is 5.75 Å². The van der Waals surface area contributed by atoms with Gasteiger partial charge in [0, 0.05) is 28.8 Å². The first kappa shape index (κ1) is 15.4. The zero-order valence-corrected chi connectivity index (χ0v) is 13.8. The third kappa shape index (κ3) is 2.55. The lowest BCUT2D eigenvalue weighted by molar-refractivity contribution is -0.135. The number of fused-ring (bicyclic) bond motifs is 2. The average molecular weight is 336 g/mol. The molecular formula is C19H16N2O4. The van der Waals surface area contributed by atoms with Gasteiger partial charge in [-0.2, -0.15) is 0 Å². The number of pyridine rings is 2. The Morgan fingerprint density at radius 2 is 1.80 bits per heavy atom. The maximum atomic E-state index is 12.6. The van der Waals surface area contributed by atoms with E-state index in [-0.39, 0.29) is 23.3 Å². The molecule has 25 heavy (non-hydrogen) atoms. The molecule has 2 aromatic heterocycles. The average Bonchev–Trinajstić information content (AvgIpc) is 2.52. The van der Waals surface area contributed by atoms with Crippen LogP contribution in [0.15, 0.2) is 39.9 Å². The van der Waals surface area contributed by atoms with Gasteiger partial charge in [-0.3, -0.25) is 14.4 Å². The largest absolute Gasteiger partial charge is 0.426 e. The highest BCUT2D eigenvalue weighted by atomic mass is 16.5. The second-order valence-electron chi connectivity index (χ2n) is 6.43. The Labute approximate surface area is 142 Å². The Morgan fingerprint density at radius 1 is 1.00 bits per heavy atom. The Hall–Kier alpha value is -3.15. The minimum atomic E-state index is -0.630. The lowest BCUT2D eigenvalue weighted by Crippen LogP contribution is -2.31. The summed E-state index contributed by atoms with van der Waals surface area (Å²) in [5, 5.41) is 0.851. The van der Waals surface area contributed by atoms with Gasteiger partial charge < -0.3 is 14.7 Å². The number of hydrogen-bond acceptors (Lipinski definition) is 4. The van der Waals surface area contributed by atoms with Crippen LogP contribution < -0.4 is 15.9 Å². The molecule has 3 heterocycles. The Morgan fingerprint density at radius 3 is 2.60 bits per heavy atom. The molecule has 2 N–H and O–H groups in total. The summed E-state index contributed by atoms with van der Waals surface area (Å²) in [5.41, 5.74) is 2.44. The number of aromatic nitrogens is 2. The predicted octanol–water partition coefficient (Wildman–Crippen LogP) is 2.27. The van der Waals surface area contributed by atoms with E-state index in [2.05, 4.69) is 9.97 Å². The van der Waals surface area contributed by atoms with Crippen LogP contribution in [0.5, 0.6) is 5.75 Å². The molecule has 4 rings (SSSR count). The summed E-state index contributed by atoms with van der Waals surface area (Å²) < 4.78 is 5.22. The van der Waals surface area contributed by atoms with Crippen LogP contribution in [0.4, 0.5) is 0 Å². The number of carbonyl (C=O) groups excluding carboxylic acids is 1. The van der Waals surface area contributed by atoms with Gasteiger partial charge in [0.15, 0.2) is 0 Å². The van der Waals surface area contributed by atoms with Gasteiger partial charge >= 0.3 is 5.97 Å². The van der Waals surface area contributed by atoms with Crippen LogP contribution in [0.3, 0.4) is 0 Å². The molecular weight excluding hydrogens is 320 g/mol. The summed E-state index contributed by atoms with van der Waals surface area (Å²) in [6.45, 7) is 3.66. The molecule has 1 aliphatic heterocycles. The van der Waals surface area contributed by atoms with Crippen LogP contribution in [0, 0.1) is 13.8 Å². The molecule has 6 nitrogen and oxygen atoms in total. The van der Waals surface area contributed by atoms with Crippen molar-refractivity contribution in [3.05, 3.63) is 73.4 Å². The van der Waals surface area contributed by atoms with Gasteiger partial charge in [-0.15, -0.1) is 0 Å². The monoisotopic (exact) mass is 336 g/mol. The number of rotatable bonds is 1. The van der Waals surface area contributed by atoms with E-state index >= 15 is 0 Å². The molecule has 0 saturated carbocycles. The van der Waals surface area contributed by atoms with Crippen molar-refractivity contribution in [1.29, 1.82) is 0 Å². The highest BCUT2D eigenvalue weighted by Crippen LogP contribution is 2.35. The predicted molar refractivity (Wildman–Crippen MR) is 93.2 cm³/mol. The zero-order chi connectivity index (χ0) is 17.7. The minimum absolute atomic E-state index is 0.0421. The van der Waals surface area contributed by atoms with Gasteiger partial charge in [-0.05, 0) is 36.9 Å². The van der Waals surface area contributed by atoms with Crippen molar-refractivity contribution >= 4 is 16.9 Å². The van der Waals surface area contributed by atoms with Crippen molar-refractivity contribution in [2.24, 2.45) is 0 Å². The van der Waals surface area contributed by atoms with Gasteiger partial charge in [0.2, 0.25) is 0 Å². The third-order valence-electron chi connectivity index (χ3n) is 4.52. The van der Waals surface area contributed by atoms with E-state index in [1.807, 2.05) is 25.1 Å². The fraction of sp³-hybridized carbons (Fsp3) is 0.211. The van der Waals surface area contributed by atoms with E-state index < -0.39 is 11.9 Å². The molecule has 1 atom stereocenters. The highest BCUT2D eigenvalue weighted by molar-refractivity contribution is 5.81. The molecule has 6 heteroatoms. The number of benzene rings is 1. The molecule has 0 bridgehead atoms. The van der Waals surface area contributed by atoms with Crippen molar-refractivity contribution in [2.45, 2.75) is 26.2 Å². The molecule has 126 valence electrons. The second kappa shape index (κ2) is 5.44. The van der Waals surface area contributed by atoms with E-state index in [4.69, 9.17) is 4.74 Å². The molecule has 0 amide bonds. The molecule has 0 radical (unpaired) electrons.